The molecule has 4 heterocycles. The summed E-state index contributed by atoms with van der Waals surface area (Å²) in [7, 11) is 0. The minimum absolute atomic E-state index is 0.215. The molecule has 1 aromatic carbocycles. The number of anilines is 2. The molecule has 33 heavy (non-hydrogen) atoms. The molecule has 1 aliphatic heterocycles. The maximum Gasteiger partial charge on any atom is 0.256 e. The van der Waals surface area contributed by atoms with Gasteiger partial charge in [-0.2, -0.15) is 5.10 Å². The Morgan fingerprint density at radius 3 is 2.88 bits per heavy atom. The van der Waals surface area contributed by atoms with E-state index in [1.807, 2.05) is 6.07 Å². The molecule has 4 N–H and O–H groups in total. The smallest absolute Gasteiger partial charge is 0.256 e. The molecular weight excluding hydrogens is 553 g/mol. The molecule has 1 aliphatic rings. The van der Waals surface area contributed by atoms with E-state index in [1.165, 1.54) is 0 Å². The van der Waals surface area contributed by atoms with Gasteiger partial charge < -0.3 is 16.4 Å². The molecule has 10 heteroatoms. The topological polar surface area (TPSA) is 111 Å². The van der Waals surface area contributed by atoms with Gasteiger partial charge in [-0.05, 0) is 66.2 Å². The van der Waals surface area contributed by atoms with Crippen molar-refractivity contribution in [2.24, 2.45) is 0 Å². The number of nitrogens with two attached hydrogens (primary N) is 1. The summed E-state index contributed by atoms with van der Waals surface area (Å²) in [6.07, 6.45) is 5.50. The Morgan fingerprint density at radius 1 is 1.27 bits per heavy atom. The van der Waals surface area contributed by atoms with Crippen LogP contribution in [-0.2, 0) is 0 Å². The number of carbonyl (C=O) groups is 1. The Kier molecular flexibility index (Phi) is 6.17. The van der Waals surface area contributed by atoms with Crippen LogP contribution in [0.3, 0.4) is 0 Å². The van der Waals surface area contributed by atoms with Crippen molar-refractivity contribution < 1.29 is 4.79 Å². The summed E-state index contributed by atoms with van der Waals surface area (Å²) in [5, 5.41) is 12.4. The highest BCUT2D eigenvalue weighted by Crippen LogP contribution is 2.39. The number of benzene rings is 1. The average molecular weight is 574 g/mol. The van der Waals surface area contributed by atoms with E-state index in [9.17, 15) is 4.79 Å². The predicted molar refractivity (Wildman–Crippen MR) is 138 cm³/mol. The molecule has 168 valence electrons. The summed E-state index contributed by atoms with van der Waals surface area (Å²) in [5.41, 5.74) is 9.08. The molecule has 1 fully saturated rings. The van der Waals surface area contributed by atoms with Crippen LogP contribution in [0.4, 0.5) is 11.6 Å². The second kappa shape index (κ2) is 9.24. The molecule has 0 bridgehead atoms. The molecule has 1 atom stereocenters. The molecule has 0 spiro atoms. The number of rotatable bonds is 4. The predicted octanol–water partition coefficient (Wildman–Crippen LogP) is 4.51. The van der Waals surface area contributed by atoms with E-state index in [-0.39, 0.29) is 11.9 Å². The van der Waals surface area contributed by atoms with Crippen molar-refractivity contribution in [3.05, 3.63) is 62.9 Å². The molecule has 8 nitrogen and oxygen atoms in total. The quantitative estimate of drug-likeness (QED) is 0.310. The molecule has 0 aliphatic carbocycles. The van der Waals surface area contributed by atoms with Crippen molar-refractivity contribution in [2.45, 2.75) is 18.9 Å². The van der Waals surface area contributed by atoms with E-state index in [2.05, 4.69) is 47.9 Å². The van der Waals surface area contributed by atoms with Crippen LogP contribution in [0.2, 0.25) is 5.02 Å². The Labute approximate surface area is 209 Å². The lowest BCUT2D eigenvalue weighted by atomic mass is 10.1. The fourth-order valence-electron chi connectivity index (χ4n) is 4.13. The minimum Gasteiger partial charge on any atom is -0.383 e. The zero-order chi connectivity index (χ0) is 22.9. The monoisotopic (exact) mass is 573 g/mol. The van der Waals surface area contributed by atoms with Gasteiger partial charge in [-0.1, -0.05) is 23.7 Å². The van der Waals surface area contributed by atoms with Crippen LogP contribution in [0.5, 0.6) is 0 Å². The van der Waals surface area contributed by atoms with Crippen molar-refractivity contribution in [2.75, 3.05) is 24.1 Å². The largest absolute Gasteiger partial charge is 0.383 e. The molecule has 5 rings (SSSR count). The van der Waals surface area contributed by atoms with Crippen molar-refractivity contribution in [1.29, 1.82) is 0 Å². The highest BCUT2D eigenvalue weighted by atomic mass is 127. The first kappa shape index (κ1) is 22.1. The van der Waals surface area contributed by atoms with Gasteiger partial charge in [0.15, 0.2) is 0 Å². The van der Waals surface area contributed by atoms with Gasteiger partial charge in [0.25, 0.3) is 5.91 Å². The maximum absolute atomic E-state index is 12.7. The third-order valence-corrected chi connectivity index (χ3v) is 6.82. The molecule has 0 unspecified atom stereocenters. The van der Waals surface area contributed by atoms with Crippen LogP contribution < -0.4 is 16.4 Å². The van der Waals surface area contributed by atoms with Crippen molar-refractivity contribution >= 4 is 62.6 Å². The number of fused-ring (bicyclic) bond motifs is 1. The number of hydrogen-bond acceptors (Lipinski definition) is 6. The van der Waals surface area contributed by atoms with Gasteiger partial charge >= 0.3 is 0 Å². The van der Waals surface area contributed by atoms with Gasteiger partial charge in [0.2, 0.25) is 0 Å². The normalized spacial score (nSPS) is 16.1. The molecule has 4 aromatic rings. The summed E-state index contributed by atoms with van der Waals surface area (Å²) in [4.78, 5) is 21.2. The van der Waals surface area contributed by atoms with E-state index in [0.717, 1.165) is 40.4 Å². The lowest BCUT2D eigenvalue weighted by Crippen LogP contribution is -2.32. The zero-order valence-corrected chi connectivity index (χ0v) is 20.5. The van der Waals surface area contributed by atoms with Gasteiger partial charge in [-0.25, -0.2) is 9.97 Å². The lowest BCUT2D eigenvalue weighted by Gasteiger charge is -2.24. The number of aromatic nitrogens is 4. The summed E-state index contributed by atoms with van der Waals surface area (Å²) < 4.78 is 3.03. The fourth-order valence-corrected chi connectivity index (χ4v) is 5.05. The first-order chi connectivity index (χ1) is 16.0. The first-order valence-corrected chi connectivity index (χ1v) is 12.0. The van der Waals surface area contributed by atoms with Crippen LogP contribution in [-0.4, -0.2) is 38.7 Å². The summed E-state index contributed by atoms with van der Waals surface area (Å²) in [5.74, 6) is 0.590. The number of piperidine rings is 1. The van der Waals surface area contributed by atoms with Gasteiger partial charge in [0.05, 0.1) is 25.5 Å². The number of pyridine rings is 2. The van der Waals surface area contributed by atoms with Crippen LogP contribution in [0.25, 0.3) is 22.2 Å². The van der Waals surface area contributed by atoms with Crippen LogP contribution >= 0.6 is 34.2 Å². The molecule has 3 aromatic heterocycles. The van der Waals surface area contributed by atoms with Crippen molar-refractivity contribution in [3.8, 4) is 11.3 Å². The van der Waals surface area contributed by atoms with Crippen molar-refractivity contribution in [1.82, 2.24) is 25.1 Å². The van der Waals surface area contributed by atoms with Crippen LogP contribution in [0, 0.1) is 3.57 Å². The highest BCUT2D eigenvalue weighted by Gasteiger charge is 2.25. The molecule has 1 saturated heterocycles. The number of hydrogen-bond donors (Lipinski definition) is 3. The summed E-state index contributed by atoms with van der Waals surface area (Å²) in [6.45, 7) is 1.85. The van der Waals surface area contributed by atoms with Crippen LogP contribution in [0.1, 0.15) is 29.2 Å². The average Bonchev–Trinajstić information content (AvgIpc) is 3.24. The minimum atomic E-state index is -0.290. The molecule has 0 saturated carbocycles. The number of carbonyl (C=O) groups excluding carboxylic acids is 1. The van der Waals surface area contributed by atoms with E-state index < -0.39 is 0 Å². The van der Waals surface area contributed by atoms with Gasteiger partial charge in [0.1, 0.15) is 17.3 Å². The molecule has 1 amide bonds. The number of nitrogen functional groups attached to an aromatic ring is 1. The fraction of sp³-hybridized carbons (Fsp3) is 0.217. The Morgan fingerprint density at radius 2 is 2.15 bits per heavy atom. The number of nitrogens with zero attached hydrogens (tertiary/aromatic N) is 4. The van der Waals surface area contributed by atoms with E-state index in [4.69, 9.17) is 22.4 Å². The Hall–Kier alpha value is -2.76. The number of halogens is 2. The Balaban J connectivity index is 1.56. The Bertz CT molecular complexity index is 1340. The zero-order valence-electron chi connectivity index (χ0n) is 17.6. The number of amides is 1. The van der Waals surface area contributed by atoms with Gasteiger partial charge in [-0.15, -0.1) is 0 Å². The first-order valence-electron chi connectivity index (χ1n) is 10.6. The highest BCUT2D eigenvalue weighted by molar-refractivity contribution is 14.1. The second-order valence-electron chi connectivity index (χ2n) is 7.87. The van der Waals surface area contributed by atoms with Crippen molar-refractivity contribution in [3.63, 3.8) is 0 Å². The van der Waals surface area contributed by atoms with Gasteiger partial charge in [-0.3, -0.25) is 9.48 Å². The summed E-state index contributed by atoms with van der Waals surface area (Å²) in [6, 6.07) is 10.7. The third-order valence-electron chi connectivity index (χ3n) is 5.72. The SMILES string of the molecule is Nc1ncc(I)c2c1c(-c1ccc(C(=O)Nc3ccccn3)cc1Cl)nn2[C@@H]1CCCNC1. The third kappa shape index (κ3) is 4.28. The second-order valence-corrected chi connectivity index (χ2v) is 9.44. The standard InChI is InChI=1S/C23H21ClIN7O/c24-16-10-13(23(33)30-18-5-1-2-9-28-18)6-7-15(16)20-19-21(17(25)12-29-22(19)26)32(31-20)14-4-3-8-27-11-14/h1-2,5-7,9-10,12,14,27H,3-4,8,11H2,(H2,26,29)(H,28,30,33)/t14-/m1/s1. The van der Waals surface area contributed by atoms with E-state index in [0.29, 0.717) is 33.5 Å². The molecule has 0 radical (unpaired) electrons. The summed E-state index contributed by atoms with van der Waals surface area (Å²) >= 11 is 8.95. The van der Waals surface area contributed by atoms with Gasteiger partial charge in [0, 0.05) is 30.1 Å². The number of nitrogens with one attached hydrogen (secondary N) is 2. The lowest BCUT2D eigenvalue weighted by molar-refractivity contribution is 0.102. The van der Waals surface area contributed by atoms with Crippen LogP contribution in [0.15, 0.2) is 48.8 Å². The molecular formula is C23H21ClIN7O. The maximum atomic E-state index is 12.7. The van der Waals surface area contributed by atoms with E-state index >= 15 is 0 Å². The van der Waals surface area contributed by atoms with E-state index in [1.54, 1.807) is 42.7 Å².